The molecule has 1 N–H and O–H groups in total. The van der Waals surface area contributed by atoms with Gasteiger partial charge in [0, 0.05) is 26.2 Å². The van der Waals surface area contributed by atoms with Crippen molar-refractivity contribution in [2.24, 2.45) is 5.92 Å². The zero-order chi connectivity index (χ0) is 19.1. The number of carbonyl (C=O) groups is 1. The van der Waals surface area contributed by atoms with Crippen molar-refractivity contribution in [3.63, 3.8) is 0 Å². The van der Waals surface area contributed by atoms with E-state index in [0.29, 0.717) is 19.7 Å². The lowest BCUT2D eigenvalue weighted by atomic mass is 10.1. The fourth-order valence-electron chi connectivity index (χ4n) is 3.30. The first-order valence-electron chi connectivity index (χ1n) is 9.78. The van der Waals surface area contributed by atoms with E-state index in [9.17, 15) is 4.79 Å². The van der Waals surface area contributed by atoms with Gasteiger partial charge in [-0.2, -0.15) is 0 Å². The lowest BCUT2D eigenvalue weighted by molar-refractivity contribution is -0.123. The molecule has 1 amide bonds. The van der Waals surface area contributed by atoms with E-state index in [4.69, 9.17) is 4.74 Å². The van der Waals surface area contributed by atoms with Gasteiger partial charge in [0.25, 0.3) is 0 Å². The van der Waals surface area contributed by atoms with Gasteiger partial charge < -0.3 is 10.1 Å². The molecule has 1 atom stereocenters. The van der Waals surface area contributed by atoms with Crippen LogP contribution >= 0.6 is 0 Å². The molecule has 27 heavy (non-hydrogen) atoms. The molecule has 1 aliphatic carbocycles. The van der Waals surface area contributed by atoms with Crippen LogP contribution in [0.4, 0.5) is 0 Å². The Morgan fingerprint density at radius 2 is 1.78 bits per heavy atom. The van der Waals surface area contributed by atoms with Gasteiger partial charge in [0.2, 0.25) is 5.91 Å². The molecule has 0 aliphatic heterocycles. The maximum absolute atomic E-state index is 12.6. The Morgan fingerprint density at radius 1 is 1.11 bits per heavy atom. The quantitative estimate of drug-likeness (QED) is 0.693. The molecule has 0 bridgehead atoms. The van der Waals surface area contributed by atoms with Gasteiger partial charge in [0.05, 0.1) is 13.2 Å². The van der Waals surface area contributed by atoms with Crippen molar-refractivity contribution in [1.82, 2.24) is 10.2 Å². The van der Waals surface area contributed by atoms with Crippen molar-refractivity contribution in [3.05, 3.63) is 71.3 Å². The van der Waals surface area contributed by atoms with Crippen LogP contribution in [0.2, 0.25) is 0 Å². The highest BCUT2D eigenvalue weighted by atomic mass is 16.5. The summed E-state index contributed by atoms with van der Waals surface area (Å²) in [6, 6.07) is 18.9. The third kappa shape index (κ3) is 6.19. The smallest absolute Gasteiger partial charge is 0.234 e. The van der Waals surface area contributed by atoms with Crippen molar-refractivity contribution >= 4 is 5.91 Å². The van der Waals surface area contributed by atoms with Crippen molar-refractivity contribution in [1.29, 1.82) is 0 Å². The lowest BCUT2D eigenvalue weighted by Crippen LogP contribution is -2.39. The third-order valence-electron chi connectivity index (χ3n) is 5.19. The number of nitrogens with zero attached hydrogens (tertiary/aromatic N) is 1. The molecule has 0 heterocycles. The Bertz CT molecular complexity index is 711. The van der Waals surface area contributed by atoms with Gasteiger partial charge in [-0.3, -0.25) is 9.69 Å². The highest BCUT2D eigenvalue weighted by Crippen LogP contribution is 2.32. The van der Waals surface area contributed by atoms with Crippen molar-refractivity contribution in [2.45, 2.75) is 39.0 Å². The van der Waals surface area contributed by atoms with Gasteiger partial charge in [-0.25, -0.2) is 0 Å². The summed E-state index contributed by atoms with van der Waals surface area (Å²) in [7, 11) is 1.69. The van der Waals surface area contributed by atoms with Crippen LogP contribution in [0.25, 0.3) is 0 Å². The number of ether oxygens (including phenoxy) is 1. The van der Waals surface area contributed by atoms with Gasteiger partial charge in [0.15, 0.2) is 0 Å². The van der Waals surface area contributed by atoms with Crippen molar-refractivity contribution in [2.75, 3.05) is 20.2 Å². The van der Waals surface area contributed by atoms with Crippen LogP contribution in [-0.4, -0.2) is 31.0 Å². The molecule has 1 unspecified atom stereocenters. The normalized spacial score (nSPS) is 14.9. The van der Waals surface area contributed by atoms with Crippen LogP contribution in [0.1, 0.15) is 42.5 Å². The van der Waals surface area contributed by atoms with E-state index in [2.05, 4.69) is 41.4 Å². The van der Waals surface area contributed by atoms with E-state index in [0.717, 1.165) is 23.6 Å². The molecule has 0 radical (unpaired) electrons. The van der Waals surface area contributed by atoms with Crippen LogP contribution in [0, 0.1) is 5.92 Å². The van der Waals surface area contributed by atoms with Gasteiger partial charge >= 0.3 is 0 Å². The molecule has 2 aromatic carbocycles. The molecule has 1 fully saturated rings. The minimum Gasteiger partial charge on any atom is -0.380 e. The second-order valence-electron chi connectivity index (χ2n) is 7.49. The first-order valence-corrected chi connectivity index (χ1v) is 9.78. The largest absolute Gasteiger partial charge is 0.380 e. The topological polar surface area (TPSA) is 41.6 Å². The second-order valence-corrected chi connectivity index (χ2v) is 7.49. The van der Waals surface area contributed by atoms with E-state index >= 15 is 0 Å². The summed E-state index contributed by atoms with van der Waals surface area (Å²) in [5.74, 6) is 0.830. The van der Waals surface area contributed by atoms with E-state index in [1.165, 1.54) is 18.4 Å². The van der Waals surface area contributed by atoms with Crippen LogP contribution in [0.5, 0.6) is 0 Å². The molecular formula is C23H30N2O2. The van der Waals surface area contributed by atoms with E-state index < -0.39 is 0 Å². The summed E-state index contributed by atoms with van der Waals surface area (Å²) in [4.78, 5) is 14.9. The van der Waals surface area contributed by atoms with E-state index in [1.54, 1.807) is 7.11 Å². The number of amides is 1. The van der Waals surface area contributed by atoms with Crippen LogP contribution in [0.15, 0.2) is 54.6 Å². The van der Waals surface area contributed by atoms with E-state index in [1.807, 2.05) is 30.3 Å². The molecule has 0 saturated heterocycles. The highest BCUT2D eigenvalue weighted by Gasteiger charge is 2.28. The molecule has 1 saturated carbocycles. The molecule has 1 aliphatic rings. The molecule has 2 aromatic rings. The van der Waals surface area contributed by atoms with Gasteiger partial charge in [-0.15, -0.1) is 0 Å². The fraction of sp³-hybridized carbons (Fsp3) is 0.435. The Labute approximate surface area is 162 Å². The Kier molecular flexibility index (Phi) is 7.02. The molecule has 4 nitrogen and oxygen atoms in total. The average Bonchev–Trinajstić information content (AvgIpc) is 3.51. The second kappa shape index (κ2) is 9.67. The number of rotatable bonds is 10. The first kappa shape index (κ1) is 19.6. The van der Waals surface area contributed by atoms with Crippen LogP contribution < -0.4 is 5.32 Å². The van der Waals surface area contributed by atoms with Crippen LogP contribution in [-0.2, 0) is 22.7 Å². The minimum absolute atomic E-state index is 0.0828. The summed E-state index contributed by atoms with van der Waals surface area (Å²) < 4.78 is 5.13. The number of methoxy groups -OCH3 is 1. The monoisotopic (exact) mass is 366 g/mol. The molecule has 0 aromatic heterocycles. The number of benzene rings is 2. The predicted molar refractivity (Wildman–Crippen MR) is 108 cm³/mol. The molecule has 4 heteroatoms. The third-order valence-corrected chi connectivity index (χ3v) is 5.19. The first-order chi connectivity index (χ1) is 13.2. The highest BCUT2D eigenvalue weighted by molar-refractivity contribution is 5.78. The zero-order valence-electron chi connectivity index (χ0n) is 16.4. The molecule has 144 valence electrons. The maximum Gasteiger partial charge on any atom is 0.234 e. The lowest BCUT2D eigenvalue weighted by Gasteiger charge is -2.29. The van der Waals surface area contributed by atoms with Gasteiger partial charge in [-0.1, -0.05) is 54.6 Å². The zero-order valence-corrected chi connectivity index (χ0v) is 16.4. The number of nitrogens with one attached hydrogen (secondary N) is 1. The Balaban J connectivity index is 1.54. The van der Waals surface area contributed by atoms with Gasteiger partial charge in [0.1, 0.15) is 0 Å². The standard InChI is InChI=1S/C23H30N2O2/c1-18(22-6-4-3-5-7-22)25(15-20-10-11-20)16-23(26)24-14-19-8-12-21(13-9-19)17-27-2/h3-9,12-13,18,20H,10-11,14-17H2,1-2H3,(H,24,26). The summed E-state index contributed by atoms with van der Waals surface area (Å²) in [5, 5.41) is 3.07. The van der Waals surface area contributed by atoms with Crippen LogP contribution in [0.3, 0.4) is 0 Å². The fourth-order valence-corrected chi connectivity index (χ4v) is 3.30. The SMILES string of the molecule is COCc1ccc(CNC(=O)CN(CC2CC2)C(C)c2ccccc2)cc1. The predicted octanol–water partition coefficient (Wildman–Crippen LogP) is 3.92. The van der Waals surface area contributed by atoms with Crippen molar-refractivity contribution < 1.29 is 9.53 Å². The maximum atomic E-state index is 12.6. The summed E-state index contributed by atoms with van der Waals surface area (Å²) in [6.45, 7) is 4.80. The average molecular weight is 367 g/mol. The number of carbonyl (C=O) groups excluding carboxylic acids is 1. The molecular weight excluding hydrogens is 336 g/mol. The summed E-state index contributed by atoms with van der Waals surface area (Å²) >= 11 is 0. The van der Waals surface area contributed by atoms with E-state index in [-0.39, 0.29) is 11.9 Å². The number of hydrogen-bond donors (Lipinski definition) is 1. The Morgan fingerprint density at radius 3 is 2.41 bits per heavy atom. The minimum atomic E-state index is 0.0828. The van der Waals surface area contributed by atoms with Crippen molar-refractivity contribution in [3.8, 4) is 0 Å². The summed E-state index contributed by atoms with van der Waals surface area (Å²) in [5.41, 5.74) is 3.51. The molecule has 0 spiro atoms. The summed E-state index contributed by atoms with van der Waals surface area (Å²) in [6.07, 6.45) is 2.57. The molecule has 3 rings (SSSR count). The number of hydrogen-bond acceptors (Lipinski definition) is 3. The van der Waals surface area contributed by atoms with Gasteiger partial charge in [-0.05, 0) is 42.4 Å². The Hall–Kier alpha value is -2.17.